The second kappa shape index (κ2) is 6.81. The minimum atomic E-state index is -1.06. The molecule has 1 heterocycles. The molecule has 5 nitrogen and oxygen atoms in total. The standard InChI is InChI=1S/C15H14ClNO4S/c1-8-9(2)22-14(13(8)15(19)20)17-12(18)7-21-11-5-3-10(16)4-6-11/h3-6H,7H2,1-2H3,(H,17,18)(H,19,20). The van der Waals surface area contributed by atoms with Crippen LogP contribution in [0.2, 0.25) is 5.02 Å². The molecule has 0 spiro atoms. The Hall–Kier alpha value is -2.05. The maximum absolute atomic E-state index is 11.9. The molecule has 0 fully saturated rings. The van der Waals surface area contributed by atoms with Crippen LogP contribution < -0.4 is 10.1 Å². The summed E-state index contributed by atoms with van der Waals surface area (Å²) in [6.45, 7) is 3.32. The van der Waals surface area contributed by atoms with Crippen LogP contribution in [0, 0.1) is 13.8 Å². The summed E-state index contributed by atoms with van der Waals surface area (Å²) in [7, 11) is 0. The highest BCUT2D eigenvalue weighted by Gasteiger charge is 2.20. The third-order valence-electron chi connectivity index (χ3n) is 3.04. The van der Waals surface area contributed by atoms with Gasteiger partial charge in [-0.15, -0.1) is 11.3 Å². The summed E-state index contributed by atoms with van der Waals surface area (Å²) >= 11 is 6.99. The lowest BCUT2D eigenvalue weighted by Crippen LogP contribution is -2.20. The zero-order chi connectivity index (χ0) is 16.3. The van der Waals surface area contributed by atoms with E-state index >= 15 is 0 Å². The molecule has 0 aliphatic heterocycles. The number of amides is 1. The minimum absolute atomic E-state index is 0.127. The Kier molecular flexibility index (Phi) is 5.05. The van der Waals surface area contributed by atoms with Gasteiger partial charge in [-0.3, -0.25) is 4.79 Å². The number of rotatable bonds is 5. The average Bonchev–Trinajstić information content (AvgIpc) is 2.73. The van der Waals surface area contributed by atoms with E-state index in [9.17, 15) is 14.7 Å². The van der Waals surface area contributed by atoms with Crippen LogP contribution in [0.5, 0.6) is 5.75 Å². The average molecular weight is 340 g/mol. The van der Waals surface area contributed by atoms with E-state index in [-0.39, 0.29) is 12.2 Å². The smallest absolute Gasteiger partial charge is 0.338 e. The number of thiophene rings is 1. The van der Waals surface area contributed by atoms with Crippen LogP contribution in [-0.4, -0.2) is 23.6 Å². The number of carbonyl (C=O) groups excluding carboxylic acids is 1. The Morgan fingerprint density at radius 1 is 1.27 bits per heavy atom. The minimum Gasteiger partial charge on any atom is -0.484 e. The fourth-order valence-electron chi connectivity index (χ4n) is 1.81. The molecule has 0 saturated carbocycles. The molecular formula is C15H14ClNO4S. The molecule has 2 N–H and O–H groups in total. The summed E-state index contributed by atoms with van der Waals surface area (Å²) in [5, 5.41) is 12.7. The van der Waals surface area contributed by atoms with E-state index < -0.39 is 11.9 Å². The van der Waals surface area contributed by atoms with Crippen LogP contribution in [-0.2, 0) is 4.79 Å². The predicted molar refractivity (Wildman–Crippen MR) is 86.3 cm³/mol. The monoisotopic (exact) mass is 339 g/mol. The van der Waals surface area contributed by atoms with Crippen molar-refractivity contribution in [3.63, 3.8) is 0 Å². The Balaban J connectivity index is 2.02. The van der Waals surface area contributed by atoms with E-state index in [0.717, 1.165) is 4.88 Å². The number of halogens is 1. The highest BCUT2D eigenvalue weighted by Crippen LogP contribution is 2.32. The van der Waals surface area contributed by atoms with Gasteiger partial charge in [-0.25, -0.2) is 4.79 Å². The molecule has 1 aromatic carbocycles. The molecule has 2 rings (SSSR count). The van der Waals surface area contributed by atoms with Crippen molar-refractivity contribution in [3.05, 3.63) is 45.3 Å². The number of nitrogens with one attached hydrogen (secondary N) is 1. The van der Waals surface area contributed by atoms with Crippen LogP contribution in [0.25, 0.3) is 0 Å². The molecule has 116 valence electrons. The van der Waals surface area contributed by atoms with Crippen molar-refractivity contribution in [3.8, 4) is 5.75 Å². The third kappa shape index (κ3) is 3.78. The van der Waals surface area contributed by atoms with Gasteiger partial charge in [0.15, 0.2) is 6.61 Å². The topological polar surface area (TPSA) is 75.6 Å². The molecule has 0 atom stereocenters. The van der Waals surface area contributed by atoms with Gasteiger partial charge < -0.3 is 15.2 Å². The number of aromatic carboxylic acids is 1. The fraction of sp³-hybridized carbons (Fsp3) is 0.200. The van der Waals surface area contributed by atoms with Crippen molar-refractivity contribution in [2.24, 2.45) is 0 Å². The maximum Gasteiger partial charge on any atom is 0.338 e. The second-order valence-corrected chi connectivity index (χ2v) is 6.24. The molecule has 22 heavy (non-hydrogen) atoms. The predicted octanol–water partition coefficient (Wildman–Crippen LogP) is 3.73. The molecule has 7 heteroatoms. The number of anilines is 1. The summed E-state index contributed by atoms with van der Waals surface area (Å²) in [4.78, 5) is 24.0. The summed E-state index contributed by atoms with van der Waals surface area (Å²) in [6.07, 6.45) is 0. The molecule has 1 amide bonds. The largest absolute Gasteiger partial charge is 0.484 e. The molecule has 0 radical (unpaired) electrons. The highest BCUT2D eigenvalue weighted by atomic mass is 35.5. The quantitative estimate of drug-likeness (QED) is 0.870. The first-order chi connectivity index (χ1) is 10.4. The summed E-state index contributed by atoms with van der Waals surface area (Å²) in [5.41, 5.74) is 0.786. The van der Waals surface area contributed by atoms with Gasteiger partial charge in [-0.1, -0.05) is 11.6 Å². The normalized spacial score (nSPS) is 10.3. The van der Waals surface area contributed by atoms with Crippen molar-refractivity contribution in [1.82, 2.24) is 0 Å². The van der Waals surface area contributed by atoms with Gasteiger partial charge in [0, 0.05) is 9.90 Å². The maximum atomic E-state index is 11.9. The van der Waals surface area contributed by atoms with Crippen molar-refractivity contribution >= 4 is 39.8 Å². The van der Waals surface area contributed by atoms with Gasteiger partial charge >= 0.3 is 5.97 Å². The van der Waals surface area contributed by atoms with E-state index in [1.54, 1.807) is 31.2 Å². The first-order valence-electron chi connectivity index (χ1n) is 6.40. The van der Waals surface area contributed by atoms with Crippen LogP contribution in [0.15, 0.2) is 24.3 Å². The van der Waals surface area contributed by atoms with E-state index in [1.165, 1.54) is 11.3 Å². The number of carboxylic acids is 1. The van der Waals surface area contributed by atoms with Crippen molar-refractivity contribution in [2.45, 2.75) is 13.8 Å². The summed E-state index contributed by atoms with van der Waals surface area (Å²) in [5.74, 6) is -0.967. The number of aryl methyl sites for hydroxylation is 1. The number of carbonyl (C=O) groups is 2. The molecular weight excluding hydrogens is 326 g/mol. The van der Waals surface area contributed by atoms with Crippen molar-refractivity contribution in [1.29, 1.82) is 0 Å². The first-order valence-corrected chi connectivity index (χ1v) is 7.59. The Labute approximate surface area is 136 Å². The zero-order valence-corrected chi connectivity index (χ0v) is 13.5. The lowest BCUT2D eigenvalue weighted by molar-refractivity contribution is -0.118. The summed E-state index contributed by atoms with van der Waals surface area (Å²) in [6, 6.07) is 6.61. The van der Waals surface area contributed by atoms with Gasteiger partial charge in [-0.05, 0) is 43.7 Å². The van der Waals surface area contributed by atoms with Crippen LogP contribution >= 0.6 is 22.9 Å². The number of carboxylic acid groups (broad SMARTS) is 1. The Bertz CT molecular complexity index is 709. The van der Waals surface area contributed by atoms with Gasteiger partial charge in [0.2, 0.25) is 0 Å². The number of ether oxygens (including phenoxy) is 1. The zero-order valence-electron chi connectivity index (χ0n) is 12.0. The Morgan fingerprint density at radius 2 is 1.91 bits per heavy atom. The highest BCUT2D eigenvalue weighted by molar-refractivity contribution is 7.16. The molecule has 0 bridgehead atoms. The lowest BCUT2D eigenvalue weighted by Gasteiger charge is -2.07. The molecule has 0 aliphatic carbocycles. The van der Waals surface area contributed by atoms with Crippen LogP contribution in [0.3, 0.4) is 0 Å². The van der Waals surface area contributed by atoms with Gasteiger partial charge in [0.25, 0.3) is 5.91 Å². The van der Waals surface area contributed by atoms with E-state index in [1.807, 2.05) is 6.92 Å². The SMILES string of the molecule is Cc1sc(NC(=O)COc2ccc(Cl)cc2)c(C(=O)O)c1C. The van der Waals surface area contributed by atoms with Gasteiger partial charge in [-0.2, -0.15) is 0 Å². The Morgan fingerprint density at radius 3 is 2.50 bits per heavy atom. The van der Waals surface area contributed by atoms with Crippen molar-refractivity contribution < 1.29 is 19.4 Å². The number of hydrogen-bond acceptors (Lipinski definition) is 4. The van der Waals surface area contributed by atoms with Crippen molar-refractivity contribution in [2.75, 3.05) is 11.9 Å². The van der Waals surface area contributed by atoms with E-state index in [0.29, 0.717) is 21.3 Å². The fourth-order valence-corrected chi connectivity index (χ4v) is 3.01. The van der Waals surface area contributed by atoms with Gasteiger partial charge in [0.1, 0.15) is 10.8 Å². The lowest BCUT2D eigenvalue weighted by atomic mass is 10.1. The second-order valence-electron chi connectivity index (χ2n) is 4.58. The summed E-state index contributed by atoms with van der Waals surface area (Å²) < 4.78 is 5.32. The molecule has 0 unspecified atom stereocenters. The van der Waals surface area contributed by atoms with E-state index in [4.69, 9.17) is 16.3 Å². The van der Waals surface area contributed by atoms with E-state index in [2.05, 4.69) is 5.32 Å². The third-order valence-corrected chi connectivity index (χ3v) is 4.41. The first kappa shape index (κ1) is 16.3. The number of benzene rings is 1. The van der Waals surface area contributed by atoms with Crippen LogP contribution in [0.1, 0.15) is 20.8 Å². The molecule has 2 aromatic rings. The van der Waals surface area contributed by atoms with Gasteiger partial charge in [0.05, 0.1) is 5.56 Å². The molecule has 1 aromatic heterocycles. The molecule has 0 saturated heterocycles. The van der Waals surface area contributed by atoms with Crippen LogP contribution in [0.4, 0.5) is 5.00 Å². The number of hydrogen-bond donors (Lipinski definition) is 2. The molecule has 0 aliphatic rings.